The van der Waals surface area contributed by atoms with Gasteiger partial charge >= 0.3 is 6.03 Å². The lowest BCUT2D eigenvalue weighted by Crippen LogP contribution is -2.49. The molecule has 1 heterocycles. The molecule has 26 heavy (non-hydrogen) atoms. The van der Waals surface area contributed by atoms with E-state index >= 15 is 0 Å². The Morgan fingerprint density at radius 2 is 1.69 bits per heavy atom. The van der Waals surface area contributed by atoms with E-state index in [1.165, 1.54) is 16.0 Å². The number of aryl methyl sites for hydroxylation is 1. The van der Waals surface area contributed by atoms with Crippen molar-refractivity contribution in [2.75, 3.05) is 31.5 Å². The van der Waals surface area contributed by atoms with Gasteiger partial charge in [0.1, 0.15) is 0 Å². The highest BCUT2D eigenvalue weighted by Crippen LogP contribution is 2.20. The first-order valence-electron chi connectivity index (χ1n) is 8.42. The molecule has 1 aliphatic heterocycles. The second kappa shape index (κ2) is 7.78. The van der Waals surface area contributed by atoms with Gasteiger partial charge in [-0.15, -0.1) is 0 Å². The molecule has 0 aliphatic carbocycles. The molecule has 1 aliphatic rings. The highest BCUT2D eigenvalue weighted by atomic mass is 19.2. The van der Waals surface area contributed by atoms with E-state index in [-0.39, 0.29) is 5.69 Å². The first kappa shape index (κ1) is 18.3. The molecule has 2 amide bonds. The van der Waals surface area contributed by atoms with Crippen molar-refractivity contribution in [3.05, 3.63) is 65.0 Å². The molecule has 2 aromatic carbocycles. The summed E-state index contributed by atoms with van der Waals surface area (Å²) >= 11 is 0. The molecule has 0 unspecified atom stereocenters. The molecule has 0 aromatic heterocycles. The zero-order valence-electron chi connectivity index (χ0n) is 14.4. The number of anilines is 1. The van der Waals surface area contributed by atoms with Gasteiger partial charge in [0, 0.05) is 32.7 Å². The predicted molar refractivity (Wildman–Crippen MR) is 93.4 cm³/mol. The molecule has 7 heteroatoms. The molecular weight excluding hydrogens is 343 g/mol. The Morgan fingerprint density at radius 3 is 2.38 bits per heavy atom. The van der Waals surface area contributed by atoms with E-state index in [9.17, 15) is 18.0 Å². The summed E-state index contributed by atoms with van der Waals surface area (Å²) in [6.45, 7) is 5.19. The van der Waals surface area contributed by atoms with Crippen LogP contribution < -0.4 is 5.32 Å². The van der Waals surface area contributed by atoms with Crippen LogP contribution in [-0.4, -0.2) is 42.0 Å². The van der Waals surface area contributed by atoms with Crippen LogP contribution in [0.4, 0.5) is 23.7 Å². The molecule has 4 nitrogen and oxygen atoms in total. The van der Waals surface area contributed by atoms with E-state index < -0.39 is 23.5 Å². The molecule has 0 saturated carbocycles. The number of carbonyl (C=O) groups is 1. The van der Waals surface area contributed by atoms with Crippen LogP contribution in [0, 0.1) is 24.4 Å². The van der Waals surface area contributed by atoms with E-state index in [1.807, 2.05) is 12.1 Å². The van der Waals surface area contributed by atoms with Crippen molar-refractivity contribution >= 4 is 11.7 Å². The predicted octanol–water partition coefficient (Wildman–Crippen LogP) is 3.76. The number of urea groups is 1. The maximum Gasteiger partial charge on any atom is 0.322 e. The van der Waals surface area contributed by atoms with Gasteiger partial charge in [-0.2, -0.15) is 0 Å². The summed E-state index contributed by atoms with van der Waals surface area (Å²) in [6, 6.07) is 9.43. The number of carbonyl (C=O) groups excluding carboxylic acids is 1. The fourth-order valence-corrected chi connectivity index (χ4v) is 2.95. The summed E-state index contributed by atoms with van der Waals surface area (Å²) in [7, 11) is 0. The van der Waals surface area contributed by atoms with Crippen LogP contribution in [0.15, 0.2) is 36.4 Å². The van der Waals surface area contributed by atoms with Crippen LogP contribution in [0.5, 0.6) is 0 Å². The summed E-state index contributed by atoms with van der Waals surface area (Å²) < 4.78 is 39.9. The summed E-state index contributed by atoms with van der Waals surface area (Å²) in [5, 5.41) is 2.31. The van der Waals surface area contributed by atoms with Gasteiger partial charge in [-0.3, -0.25) is 4.90 Å². The van der Waals surface area contributed by atoms with Crippen molar-refractivity contribution in [2.24, 2.45) is 0 Å². The summed E-state index contributed by atoms with van der Waals surface area (Å²) in [6.07, 6.45) is 0. The van der Waals surface area contributed by atoms with Gasteiger partial charge in [-0.05, 0) is 30.2 Å². The minimum absolute atomic E-state index is 0.365. The van der Waals surface area contributed by atoms with Crippen molar-refractivity contribution in [2.45, 2.75) is 13.5 Å². The SMILES string of the molecule is Cc1ccccc1CN1CCN(C(=O)Nc2ccc(F)c(F)c2F)CC1. The molecule has 1 fully saturated rings. The van der Waals surface area contributed by atoms with Crippen molar-refractivity contribution in [1.29, 1.82) is 0 Å². The van der Waals surface area contributed by atoms with Crippen molar-refractivity contribution < 1.29 is 18.0 Å². The first-order valence-corrected chi connectivity index (χ1v) is 8.42. The molecule has 0 atom stereocenters. The third kappa shape index (κ3) is 3.99. The Kier molecular flexibility index (Phi) is 5.46. The number of benzene rings is 2. The summed E-state index contributed by atoms with van der Waals surface area (Å²) in [5.74, 6) is -4.27. The number of hydrogen-bond acceptors (Lipinski definition) is 2. The second-order valence-electron chi connectivity index (χ2n) is 6.34. The van der Waals surface area contributed by atoms with Crippen LogP contribution >= 0.6 is 0 Å². The zero-order chi connectivity index (χ0) is 18.7. The number of amides is 2. The monoisotopic (exact) mass is 363 g/mol. The van der Waals surface area contributed by atoms with E-state index in [0.29, 0.717) is 26.2 Å². The smallest absolute Gasteiger partial charge is 0.322 e. The minimum Gasteiger partial charge on any atom is -0.322 e. The van der Waals surface area contributed by atoms with Gasteiger partial charge in [0.25, 0.3) is 0 Å². The van der Waals surface area contributed by atoms with Crippen LogP contribution in [-0.2, 0) is 6.54 Å². The van der Waals surface area contributed by atoms with Gasteiger partial charge < -0.3 is 10.2 Å². The van der Waals surface area contributed by atoms with Crippen molar-refractivity contribution in [1.82, 2.24) is 9.80 Å². The molecule has 3 rings (SSSR count). The average molecular weight is 363 g/mol. The fourth-order valence-electron chi connectivity index (χ4n) is 2.95. The molecular formula is C19H20F3N3O. The normalized spacial score (nSPS) is 15.2. The quantitative estimate of drug-likeness (QED) is 0.843. The van der Waals surface area contributed by atoms with E-state index in [0.717, 1.165) is 18.7 Å². The highest BCUT2D eigenvalue weighted by Gasteiger charge is 2.23. The molecule has 0 spiro atoms. The summed E-state index contributed by atoms with van der Waals surface area (Å²) in [4.78, 5) is 16.0. The van der Waals surface area contributed by atoms with Gasteiger partial charge in [-0.25, -0.2) is 18.0 Å². The van der Waals surface area contributed by atoms with Crippen molar-refractivity contribution in [3.8, 4) is 0 Å². The number of rotatable bonds is 3. The molecule has 0 radical (unpaired) electrons. The Hall–Kier alpha value is -2.54. The third-order valence-electron chi connectivity index (χ3n) is 4.59. The molecule has 138 valence electrons. The first-order chi connectivity index (χ1) is 12.5. The average Bonchev–Trinajstić information content (AvgIpc) is 2.64. The number of piperazine rings is 1. The van der Waals surface area contributed by atoms with Crippen LogP contribution in [0.2, 0.25) is 0 Å². The molecule has 2 aromatic rings. The summed E-state index contributed by atoms with van der Waals surface area (Å²) in [5.41, 5.74) is 2.10. The lowest BCUT2D eigenvalue weighted by atomic mass is 10.1. The van der Waals surface area contributed by atoms with Gasteiger partial charge in [0.15, 0.2) is 17.5 Å². The highest BCUT2D eigenvalue weighted by molar-refractivity contribution is 5.89. The maximum absolute atomic E-state index is 13.7. The fraction of sp³-hybridized carbons (Fsp3) is 0.316. The molecule has 0 bridgehead atoms. The largest absolute Gasteiger partial charge is 0.322 e. The number of hydrogen-bond donors (Lipinski definition) is 1. The topological polar surface area (TPSA) is 35.6 Å². The van der Waals surface area contributed by atoms with Crippen molar-refractivity contribution in [3.63, 3.8) is 0 Å². The van der Waals surface area contributed by atoms with Crippen LogP contribution in [0.1, 0.15) is 11.1 Å². The van der Waals surface area contributed by atoms with Crippen LogP contribution in [0.3, 0.4) is 0 Å². The van der Waals surface area contributed by atoms with E-state index in [2.05, 4.69) is 29.3 Å². The number of halogens is 3. The Morgan fingerprint density at radius 1 is 1.00 bits per heavy atom. The zero-order valence-corrected chi connectivity index (χ0v) is 14.4. The lowest BCUT2D eigenvalue weighted by molar-refractivity contribution is 0.142. The lowest BCUT2D eigenvalue weighted by Gasteiger charge is -2.35. The van der Waals surface area contributed by atoms with E-state index in [1.54, 1.807) is 0 Å². The van der Waals surface area contributed by atoms with Gasteiger partial charge in [0.2, 0.25) is 0 Å². The Bertz CT molecular complexity index is 805. The Balaban J connectivity index is 1.55. The van der Waals surface area contributed by atoms with E-state index in [4.69, 9.17) is 0 Å². The maximum atomic E-state index is 13.7. The van der Waals surface area contributed by atoms with Gasteiger partial charge in [-0.1, -0.05) is 24.3 Å². The van der Waals surface area contributed by atoms with Crippen LogP contribution in [0.25, 0.3) is 0 Å². The minimum atomic E-state index is -1.59. The Labute approximate surface area is 150 Å². The molecule has 1 saturated heterocycles. The standard InChI is InChI=1S/C19H20F3N3O/c1-13-4-2-3-5-14(13)12-24-8-10-25(11-9-24)19(26)23-16-7-6-15(20)17(21)18(16)22/h2-7H,8-12H2,1H3,(H,23,26). The number of nitrogens with one attached hydrogen (secondary N) is 1. The second-order valence-corrected chi connectivity index (χ2v) is 6.34. The molecule has 1 N–H and O–H groups in total. The number of nitrogens with zero attached hydrogens (tertiary/aromatic N) is 2. The van der Waals surface area contributed by atoms with Gasteiger partial charge in [0.05, 0.1) is 5.69 Å². The third-order valence-corrected chi connectivity index (χ3v) is 4.59.